The van der Waals surface area contributed by atoms with Crippen molar-refractivity contribution in [2.24, 2.45) is 24.6 Å². The molecule has 30 heavy (non-hydrogen) atoms. The SMILES string of the molecule is Cc1c2c(c(-c3nc4c(C)nn(C)c4c(=O)n3C)c(C)c1S(N)(=O)=O)CC(C)(C)C2. The summed E-state index contributed by atoms with van der Waals surface area (Å²) in [5.74, 6) is 0.444. The first-order chi connectivity index (χ1) is 13.7. The Morgan fingerprint density at radius 1 is 1.03 bits per heavy atom. The van der Waals surface area contributed by atoms with E-state index in [1.54, 1.807) is 21.0 Å². The van der Waals surface area contributed by atoms with Gasteiger partial charge in [0.25, 0.3) is 5.56 Å². The number of rotatable bonds is 2. The number of primary sulfonamides is 1. The van der Waals surface area contributed by atoms with E-state index in [0.29, 0.717) is 39.2 Å². The van der Waals surface area contributed by atoms with E-state index in [4.69, 9.17) is 10.1 Å². The van der Waals surface area contributed by atoms with E-state index in [-0.39, 0.29) is 15.9 Å². The molecule has 1 aliphatic rings. The molecular weight excluding hydrogens is 402 g/mol. The van der Waals surface area contributed by atoms with Crippen LogP contribution in [0.1, 0.15) is 41.8 Å². The van der Waals surface area contributed by atoms with Crippen LogP contribution in [0.2, 0.25) is 0 Å². The van der Waals surface area contributed by atoms with Gasteiger partial charge in [-0.1, -0.05) is 13.8 Å². The molecule has 0 bridgehead atoms. The smallest absolute Gasteiger partial charge is 0.279 e. The van der Waals surface area contributed by atoms with Gasteiger partial charge in [-0.3, -0.25) is 14.0 Å². The Kier molecular flexibility index (Phi) is 4.32. The highest BCUT2D eigenvalue weighted by molar-refractivity contribution is 7.89. The minimum atomic E-state index is -3.95. The summed E-state index contributed by atoms with van der Waals surface area (Å²) in [7, 11) is -0.576. The Morgan fingerprint density at radius 2 is 1.63 bits per heavy atom. The van der Waals surface area contributed by atoms with Crippen LogP contribution in [0.25, 0.3) is 22.4 Å². The molecular formula is C21H27N5O3S. The largest absolute Gasteiger partial charge is 0.294 e. The Bertz CT molecular complexity index is 1410. The van der Waals surface area contributed by atoms with Gasteiger partial charge in [0.05, 0.1) is 10.6 Å². The minimum absolute atomic E-state index is 0.0293. The van der Waals surface area contributed by atoms with Crippen molar-refractivity contribution in [1.82, 2.24) is 19.3 Å². The molecule has 0 saturated heterocycles. The molecule has 0 radical (unpaired) electrons. The molecule has 0 fully saturated rings. The first kappa shape index (κ1) is 20.7. The predicted molar refractivity (Wildman–Crippen MR) is 116 cm³/mol. The van der Waals surface area contributed by atoms with Crippen LogP contribution in [0.3, 0.4) is 0 Å². The zero-order chi connectivity index (χ0) is 22.3. The quantitative estimate of drug-likeness (QED) is 0.670. The first-order valence-corrected chi connectivity index (χ1v) is 11.4. The number of aromatic nitrogens is 4. The van der Waals surface area contributed by atoms with Crippen molar-refractivity contribution in [1.29, 1.82) is 0 Å². The molecule has 1 aromatic carbocycles. The summed E-state index contributed by atoms with van der Waals surface area (Å²) >= 11 is 0. The van der Waals surface area contributed by atoms with Gasteiger partial charge in [0.2, 0.25) is 10.0 Å². The minimum Gasteiger partial charge on any atom is -0.294 e. The Morgan fingerprint density at radius 3 is 2.23 bits per heavy atom. The molecule has 0 aliphatic heterocycles. The third-order valence-electron chi connectivity index (χ3n) is 6.23. The van der Waals surface area contributed by atoms with E-state index < -0.39 is 10.0 Å². The summed E-state index contributed by atoms with van der Waals surface area (Å²) in [6.45, 7) is 9.69. The van der Waals surface area contributed by atoms with Gasteiger partial charge in [0, 0.05) is 19.7 Å². The topological polar surface area (TPSA) is 113 Å². The number of sulfonamides is 1. The van der Waals surface area contributed by atoms with Gasteiger partial charge >= 0.3 is 0 Å². The number of hydrogen-bond acceptors (Lipinski definition) is 5. The van der Waals surface area contributed by atoms with Crippen LogP contribution in [0.5, 0.6) is 0 Å². The van der Waals surface area contributed by atoms with Crippen molar-refractivity contribution < 1.29 is 8.42 Å². The van der Waals surface area contributed by atoms with E-state index >= 15 is 0 Å². The number of nitrogens with two attached hydrogens (primary N) is 1. The van der Waals surface area contributed by atoms with Crippen LogP contribution in [0, 0.1) is 26.2 Å². The fraction of sp³-hybridized carbons (Fsp3) is 0.476. The molecule has 0 amide bonds. The van der Waals surface area contributed by atoms with Crippen molar-refractivity contribution in [3.63, 3.8) is 0 Å². The van der Waals surface area contributed by atoms with Crippen LogP contribution >= 0.6 is 0 Å². The average Bonchev–Trinajstić information content (AvgIpc) is 3.06. The third-order valence-corrected chi connectivity index (χ3v) is 7.41. The predicted octanol–water partition coefficient (Wildman–Crippen LogP) is 2.03. The summed E-state index contributed by atoms with van der Waals surface area (Å²) < 4.78 is 28.1. The van der Waals surface area contributed by atoms with E-state index in [9.17, 15) is 13.2 Å². The number of aryl methyl sites for hydroxylation is 2. The summed E-state index contributed by atoms with van der Waals surface area (Å²) in [5.41, 5.74) is 5.31. The third kappa shape index (κ3) is 2.83. The van der Waals surface area contributed by atoms with Crippen molar-refractivity contribution in [2.75, 3.05) is 0 Å². The molecule has 3 aromatic rings. The standard InChI is InChI=1S/C21H27N5O3S/c1-10-13-8-21(4,5)9-14(13)15(11(2)18(10)30(22,28)29)19-23-16-12(3)24-26(7)17(16)20(27)25(19)6/h8-9H2,1-7H3,(H2,22,28,29). The van der Waals surface area contributed by atoms with Gasteiger partial charge < -0.3 is 0 Å². The van der Waals surface area contributed by atoms with Crippen LogP contribution in [-0.2, 0) is 37.0 Å². The lowest BCUT2D eigenvalue weighted by atomic mass is 9.89. The first-order valence-electron chi connectivity index (χ1n) is 9.83. The molecule has 2 heterocycles. The lowest BCUT2D eigenvalue weighted by Crippen LogP contribution is -2.23. The second-order valence-electron chi connectivity index (χ2n) is 9.18. The van der Waals surface area contributed by atoms with Crippen molar-refractivity contribution in [3.8, 4) is 11.4 Å². The highest BCUT2D eigenvalue weighted by Crippen LogP contribution is 2.46. The molecule has 9 heteroatoms. The fourth-order valence-corrected chi connectivity index (χ4v) is 6.08. The fourth-order valence-electron chi connectivity index (χ4n) is 5.00. The van der Waals surface area contributed by atoms with E-state index in [1.165, 1.54) is 9.25 Å². The van der Waals surface area contributed by atoms with E-state index in [1.807, 2.05) is 13.8 Å². The molecule has 0 saturated carbocycles. The molecule has 0 atom stereocenters. The summed E-state index contributed by atoms with van der Waals surface area (Å²) in [4.78, 5) is 18.1. The van der Waals surface area contributed by atoms with Crippen LogP contribution in [-0.4, -0.2) is 27.7 Å². The van der Waals surface area contributed by atoms with Gasteiger partial charge in [-0.2, -0.15) is 5.10 Å². The Hall–Kier alpha value is -2.52. The van der Waals surface area contributed by atoms with Crippen molar-refractivity contribution in [2.45, 2.75) is 52.4 Å². The Labute approximate surface area is 175 Å². The molecule has 2 aromatic heterocycles. The summed E-state index contributed by atoms with van der Waals surface area (Å²) in [5, 5.41) is 9.96. The average molecular weight is 430 g/mol. The van der Waals surface area contributed by atoms with E-state index in [0.717, 1.165) is 24.0 Å². The monoisotopic (exact) mass is 429 g/mol. The molecule has 4 rings (SSSR count). The second-order valence-corrected chi connectivity index (χ2v) is 10.7. The maximum Gasteiger partial charge on any atom is 0.279 e. The van der Waals surface area contributed by atoms with Gasteiger partial charge in [-0.25, -0.2) is 18.5 Å². The van der Waals surface area contributed by atoms with Crippen molar-refractivity contribution in [3.05, 3.63) is 38.3 Å². The number of fused-ring (bicyclic) bond motifs is 2. The maximum atomic E-state index is 13.2. The van der Waals surface area contributed by atoms with Crippen molar-refractivity contribution >= 4 is 21.1 Å². The van der Waals surface area contributed by atoms with Crippen LogP contribution in [0.4, 0.5) is 0 Å². The Balaban J connectivity index is 2.21. The highest BCUT2D eigenvalue weighted by atomic mass is 32.2. The summed E-state index contributed by atoms with van der Waals surface area (Å²) in [6, 6.07) is 0. The molecule has 0 spiro atoms. The van der Waals surface area contributed by atoms with Gasteiger partial charge in [0.15, 0.2) is 5.52 Å². The number of nitrogens with zero attached hydrogens (tertiary/aromatic N) is 4. The summed E-state index contributed by atoms with van der Waals surface area (Å²) in [6.07, 6.45) is 1.51. The van der Waals surface area contributed by atoms with E-state index in [2.05, 4.69) is 18.9 Å². The molecule has 0 unspecified atom stereocenters. The maximum absolute atomic E-state index is 13.2. The highest BCUT2D eigenvalue weighted by Gasteiger charge is 2.36. The van der Waals surface area contributed by atoms with Crippen LogP contribution in [0.15, 0.2) is 9.69 Å². The normalized spacial score (nSPS) is 15.7. The molecule has 160 valence electrons. The number of benzene rings is 1. The van der Waals surface area contributed by atoms with Crippen LogP contribution < -0.4 is 10.7 Å². The zero-order valence-electron chi connectivity index (χ0n) is 18.4. The molecule has 1 aliphatic carbocycles. The van der Waals surface area contributed by atoms with Gasteiger partial charge in [0.1, 0.15) is 11.3 Å². The molecule has 8 nitrogen and oxygen atoms in total. The molecule has 2 N–H and O–H groups in total. The zero-order valence-corrected chi connectivity index (χ0v) is 19.2. The lowest BCUT2D eigenvalue weighted by Gasteiger charge is -2.20. The van der Waals surface area contributed by atoms with Gasteiger partial charge in [-0.05, 0) is 61.3 Å². The lowest BCUT2D eigenvalue weighted by molar-refractivity contribution is 0.392. The second kappa shape index (κ2) is 6.24. The number of hydrogen-bond donors (Lipinski definition) is 1. The van der Waals surface area contributed by atoms with Gasteiger partial charge in [-0.15, -0.1) is 0 Å².